The molecule has 0 bridgehead atoms. The van der Waals surface area contributed by atoms with Gasteiger partial charge in [-0.1, -0.05) is 12.1 Å². The lowest BCUT2D eigenvalue weighted by Crippen LogP contribution is -2.26. The molecule has 94 valence electrons. The molecule has 0 aromatic heterocycles. The Hall–Kier alpha value is -2.57. The first-order chi connectivity index (χ1) is 8.66. The molecule has 1 aliphatic heterocycles. The quantitative estimate of drug-likeness (QED) is 0.488. The van der Waals surface area contributed by atoms with Crippen LogP contribution < -0.4 is 17.2 Å². The number of hydrogen-bond donors (Lipinski definition) is 3. The normalized spacial score (nSPS) is 14.9. The van der Waals surface area contributed by atoms with Crippen molar-refractivity contribution in [1.82, 2.24) is 0 Å². The Morgan fingerprint density at radius 1 is 1.22 bits per heavy atom. The Morgan fingerprint density at radius 2 is 2.00 bits per heavy atom. The number of ether oxygens (including phenoxy) is 1. The monoisotopic (exact) mass is 246 g/mol. The van der Waals surface area contributed by atoms with Crippen LogP contribution >= 0.6 is 0 Å². The van der Waals surface area contributed by atoms with E-state index in [4.69, 9.17) is 21.9 Å². The van der Waals surface area contributed by atoms with Gasteiger partial charge in [-0.15, -0.1) is 0 Å². The summed E-state index contributed by atoms with van der Waals surface area (Å²) in [5.41, 5.74) is 17.4. The molecule has 7 nitrogen and oxygen atoms in total. The van der Waals surface area contributed by atoms with Crippen molar-refractivity contribution in [3.8, 4) is 0 Å². The van der Waals surface area contributed by atoms with Crippen molar-refractivity contribution < 1.29 is 4.74 Å². The van der Waals surface area contributed by atoms with Crippen LogP contribution in [0.2, 0.25) is 0 Å². The van der Waals surface area contributed by atoms with Crippen LogP contribution in [0.1, 0.15) is 5.56 Å². The molecular formula is C11H14N6O. The van der Waals surface area contributed by atoms with E-state index in [1.807, 2.05) is 18.2 Å². The summed E-state index contributed by atoms with van der Waals surface area (Å²) < 4.78 is 5.40. The lowest BCUT2D eigenvalue weighted by atomic mass is 10.2. The predicted molar refractivity (Wildman–Crippen MR) is 70.9 cm³/mol. The van der Waals surface area contributed by atoms with E-state index in [0.29, 0.717) is 24.7 Å². The van der Waals surface area contributed by atoms with Gasteiger partial charge in [-0.25, -0.2) is 9.98 Å². The summed E-state index contributed by atoms with van der Waals surface area (Å²) in [5, 5.41) is 0. The number of guanidine groups is 2. The fourth-order valence-corrected chi connectivity index (χ4v) is 1.53. The van der Waals surface area contributed by atoms with Gasteiger partial charge < -0.3 is 21.9 Å². The van der Waals surface area contributed by atoms with Crippen molar-refractivity contribution in [1.29, 1.82) is 0 Å². The SMILES string of the molecule is NC(N)=NC(N)=Nc1ccccc1C1=NCCO1. The van der Waals surface area contributed by atoms with Crippen LogP contribution in [0.3, 0.4) is 0 Å². The van der Waals surface area contributed by atoms with Crippen LogP contribution in [-0.2, 0) is 4.74 Å². The van der Waals surface area contributed by atoms with Gasteiger partial charge in [0.05, 0.1) is 17.8 Å². The maximum atomic E-state index is 5.60. The molecule has 0 amide bonds. The average Bonchev–Trinajstić information content (AvgIpc) is 2.81. The molecule has 1 heterocycles. The fraction of sp³-hybridized carbons (Fsp3) is 0.182. The molecule has 1 aromatic rings. The van der Waals surface area contributed by atoms with Crippen LogP contribution in [0.4, 0.5) is 5.69 Å². The molecule has 1 aromatic carbocycles. The van der Waals surface area contributed by atoms with Crippen molar-refractivity contribution in [2.45, 2.75) is 0 Å². The highest BCUT2D eigenvalue weighted by Crippen LogP contribution is 2.21. The Balaban J connectivity index is 2.36. The van der Waals surface area contributed by atoms with E-state index >= 15 is 0 Å². The van der Waals surface area contributed by atoms with Crippen LogP contribution in [0, 0.1) is 0 Å². The minimum atomic E-state index is -0.136. The first-order valence-corrected chi connectivity index (χ1v) is 5.37. The minimum absolute atomic E-state index is 0.0129. The van der Waals surface area contributed by atoms with Crippen LogP contribution in [0.25, 0.3) is 0 Å². The van der Waals surface area contributed by atoms with Gasteiger partial charge in [0, 0.05) is 0 Å². The number of rotatable bonds is 2. The summed E-state index contributed by atoms with van der Waals surface area (Å²) >= 11 is 0. The highest BCUT2D eigenvalue weighted by molar-refractivity contribution is 6.01. The molecule has 6 N–H and O–H groups in total. The first-order valence-electron chi connectivity index (χ1n) is 5.37. The standard InChI is InChI=1S/C11H14N6O/c12-10(13)17-11(14)16-8-4-2-1-3-7(8)9-15-5-6-18-9/h1-4H,5-6H2,(H6,12,13,14,16,17). The molecule has 0 unspecified atom stereocenters. The second-order valence-corrected chi connectivity index (χ2v) is 3.56. The number of hydrogen-bond acceptors (Lipinski definition) is 3. The van der Waals surface area contributed by atoms with E-state index in [-0.39, 0.29) is 11.9 Å². The van der Waals surface area contributed by atoms with Crippen molar-refractivity contribution in [2.75, 3.05) is 13.2 Å². The van der Waals surface area contributed by atoms with E-state index in [0.717, 1.165) is 5.56 Å². The van der Waals surface area contributed by atoms with E-state index in [1.54, 1.807) is 6.07 Å². The largest absolute Gasteiger partial charge is 0.475 e. The highest BCUT2D eigenvalue weighted by atomic mass is 16.5. The summed E-state index contributed by atoms with van der Waals surface area (Å²) in [4.78, 5) is 12.0. The summed E-state index contributed by atoms with van der Waals surface area (Å²) in [6.45, 7) is 1.23. The van der Waals surface area contributed by atoms with E-state index in [2.05, 4.69) is 15.0 Å². The zero-order valence-corrected chi connectivity index (χ0v) is 9.71. The molecule has 0 spiro atoms. The molecule has 18 heavy (non-hydrogen) atoms. The summed E-state index contributed by atoms with van der Waals surface area (Å²) in [5.74, 6) is 0.413. The third kappa shape index (κ3) is 2.76. The van der Waals surface area contributed by atoms with Gasteiger partial charge in [-0.2, -0.15) is 4.99 Å². The van der Waals surface area contributed by atoms with Crippen molar-refractivity contribution in [3.05, 3.63) is 29.8 Å². The van der Waals surface area contributed by atoms with Crippen LogP contribution in [0.5, 0.6) is 0 Å². The van der Waals surface area contributed by atoms with Gasteiger partial charge in [0.25, 0.3) is 0 Å². The Morgan fingerprint density at radius 3 is 2.67 bits per heavy atom. The average molecular weight is 246 g/mol. The molecule has 2 rings (SSSR count). The summed E-state index contributed by atoms with van der Waals surface area (Å²) in [7, 11) is 0. The van der Waals surface area contributed by atoms with Gasteiger partial charge in [0.2, 0.25) is 11.9 Å². The van der Waals surface area contributed by atoms with Gasteiger partial charge in [-0.3, -0.25) is 0 Å². The molecule has 0 saturated heterocycles. The Kier molecular flexibility index (Phi) is 3.42. The molecule has 0 atom stereocenters. The van der Waals surface area contributed by atoms with Crippen LogP contribution in [-0.4, -0.2) is 31.0 Å². The second-order valence-electron chi connectivity index (χ2n) is 3.56. The molecule has 0 fully saturated rings. The number of nitrogens with zero attached hydrogens (tertiary/aromatic N) is 3. The molecule has 1 aliphatic rings. The smallest absolute Gasteiger partial charge is 0.223 e. The molecule has 7 heteroatoms. The van der Waals surface area contributed by atoms with Crippen molar-refractivity contribution in [2.24, 2.45) is 32.2 Å². The van der Waals surface area contributed by atoms with Gasteiger partial charge in [-0.05, 0) is 12.1 Å². The topological polar surface area (TPSA) is 124 Å². The molecule has 0 saturated carbocycles. The van der Waals surface area contributed by atoms with Crippen molar-refractivity contribution >= 4 is 23.5 Å². The maximum absolute atomic E-state index is 5.60. The zero-order valence-electron chi connectivity index (χ0n) is 9.71. The minimum Gasteiger partial charge on any atom is -0.475 e. The third-order valence-corrected chi connectivity index (χ3v) is 2.20. The lowest BCUT2D eigenvalue weighted by molar-refractivity contribution is 0.348. The number of nitrogens with two attached hydrogens (primary N) is 3. The van der Waals surface area contributed by atoms with Gasteiger partial charge in [0.15, 0.2) is 5.96 Å². The van der Waals surface area contributed by atoms with E-state index in [9.17, 15) is 0 Å². The zero-order chi connectivity index (χ0) is 13.0. The van der Waals surface area contributed by atoms with Crippen molar-refractivity contribution in [3.63, 3.8) is 0 Å². The maximum Gasteiger partial charge on any atom is 0.223 e. The number of aliphatic imine (C=N–C) groups is 3. The first kappa shape index (κ1) is 11.9. The number of benzene rings is 1. The van der Waals surface area contributed by atoms with Crippen LogP contribution in [0.15, 0.2) is 39.2 Å². The summed E-state index contributed by atoms with van der Waals surface area (Å²) in [6, 6.07) is 7.34. The fourth-order valence-electron chi connectivity index (χ4n) is 1.53. The van der Waals surface area contributed by atoms with E-state index in [1.165, 1.54) is 0 Å². The van der Waals surface area contributed by atoms with Gasteiger partial charge >= 0.3 is 0 Å². The lowest BCUT2D eigenvalue weighted by Gasteiger charge is -2.05. The second kappa shape index (κ2) is 5.17. The van der Waals surface area contributed by atoms with E-state index < -0.39 is 0 Å². The molecule has 0 radical (unpaired) electrons. The molecular weight excluding hydrogens is 232 g/mol. The highest BCUT2D eigenvalue weighted by Gasteiger charge is 2.13. The summed E-state index contributed by atoms with van der Waals surface area (Å²) in [6.07, 6.45) is 0. The molecule has 0 aliphatic carbocycles. The predicted octanol–water partition coefficient (Wildman–Crippen LogP) is -0.317. The Labute approximate surface area is 104 Å². The Bertz CT molecular complexity index is 530. The third-order valence-electron chi connectivity index (χ3n) is 2.20. The van der Waals surface area contributed by atoms with Gasteiger partial charge in [0.1, 0.15) is 6.61 Å². The number of para-hydroxylation sites is 1.